The summed E-state index contributed by atoms with van der Waals surface area (Å²) in [5.41, 5.74) is 0.860. The molecule has 0 saturated carbocycles. The van der Waals surface area contributed by atoms with Crippen molar-refractivity contribution >= 4 is 24.1 Å². The number of aromatic nitrogens is 5. The van der Waals surface area contributed by atoms with Crippen molar-refractivity contribution in [1.82, 2.24) is 25.0 Å². The molecule has 8 heteroatoms. The summed E-state index contributed by atoms with van der Waals surface area (Å²) in [6.45, 7) is 2.77. The largest absolute Gasteiger partial charge is 0.295 e. The molecular weight excluding hydrogens is 240 g/mol. The van der Waals surface area contributed by atoms with Crippen LogP contribution < -0.4 is 5.32 Å². The standard InChI is InChI=1S/C9H12N6OS/c1-2-15-5-6(4-10-15)3-7(16)11-8-12-9(17)14-13-8/h4-5H,2-3H2,1H3,(H3,11,12,13,14,16,17). The zero-order valence-electron chi connectivity index (χ0n) is 9.23. The Balaban J connectivity index is 1.95. The normalized spacial score (nSPS) is 10.4. The predicted octanol–water partition coefficient (Wildman–Crippen LogP) is 0.865. The Morgan fingerprint density at radius 1 is 1.59 bits per heavy atom. The number of aryl methyl sites for hydroxylation is 1. The number of nitrogens with one attached hydrogen (secondary N) is 3. The van der Waals surface area contributed by atoms with Gasteiger partial charge in [-0.05, 0) is 24.7 Å². The van der Waals surface area contributed by atoms with Gasteiger partial charge in [0, 0.05) is 12.7 Å². The lowest BCUT2D eigenvalue weighted by Crippen LogP contribution is -2.15. The lowest BCUT2D eigenvalue weighted by Gasteiger charge is -1.98. The molecule has 0 fully saturated rings. The molecule has 2 rings (SSSR count). The molecular formula is C9H12N6OS. The second-order valence-corrected chi connectivity index (χ2v) is 3.83. The lowest BCUT2D eigenvalue weighted by atomic mass is 10.2. The predicted molar refractivity (Wildman–Crippen MR) is 64.0 cm³/mol. The van der Waals surface area contributed by atoms with Crippen molar-refractivity contribution in [3.63, 3.8) is 0 Å². The molecule has 0 aromatic carbocycles. The first-order chi connectivity index (χ1) is 8.17. The van der Waals surface area contributed by atoms with Crippen molar-refractivity contribution in [2.24, 2.45) is 0 Å². The first-order valence-corrected chi connectivity index (χ1v) is 5.54. The molecule has 17 heavy (non-hydrogen) atoms. The smallest absolute Gasteiger partial charge is 0.231 e. The van der Waals surface area contributed by atoms with Crippen LogP contribution in [0.25, 0.3) is 0 Å². The minimum atomic E-state index is -0.168. The van der Waals surface area contributed by atoms with Crippen LogP contribution in [-0.2, 0) is 17.8 Å². The van der Waals surface area contributed by atoms with E-state index in [0.717, 1.165) is 12.1 Å². The summed E-state index contributed by atoms with van der Waals surface area (Å²) >= 11 is 4.77. The van der Waals surface area contributed by atoms with Crippen LogP contribution in [0.1, 0.15) is 12.5 Å². The third kappa shape index (κ3) is 3.00. The zero-order valence-corrected chi connectivity index (χ0v) is 10.0. The van der Waals surface area contributed by atoms with Crippen LogP contribution in [0.5, 0.6) is 0 Å². The van der Waals surface area contributed by atoms with Gasteiger partial charge in [-0.2, -0.15) is 10.1 Å². The van der Waals surface area contributed by atoms with Crippen molar-refractivity contribution in [3.8, 4) is 0 Å². The van der Waals surface area contributed by atoms with E-state index in [-0.39, 0.29) is 12.3 Å². The van der Waals surface area contributed by atoms with Crippen molar-refractivity contribution in [2.45, 2.75) is 19.9 Å². The topological polar surface area (TPSA) is 91.4 Å². The Morgan fingerprint density at radius 3 is 3.00 bits per heavy atom. The van der Waals surface area contributed by atoms with E-state index in [2.05, 4.69) is 25.6 Å². The first kappa shape index (κ1) is 11.5. The summed E-state index contributed by atoms with van der Waals surface area (Å²) in [7, 11) is 0. The monoisotopic (exact) mass is 252 g/mol. The molecule has 7 nitrogen and oxygen atoms in total. The summed E-state index contributed by atoms with van der Waals surface area (Å²) in [6.07, 6.45) is 3.77. The number of amides is 1. The number of rotatable bonds is 4. The third-order valence-electron chi connectivity index (χ3n) is 2.13. The molecule has 2 aromatic heterocycles. The summed E-state index contributed by atoms with van der Waals surface area (Å²) < 4.78 is 2.07. The van der Waals surface area contributed by atoms with E-state index in [1.165, 1.54) is 0 Å². The first-order valence-electron chi connectivity index (χ1n) is 5.13. The SMILES string of the molecule is CCn1cc(CC(=O)Nc2nc(=S)[nH][nH]2)cn1. The molecule has 0 bridgehead atoms. The van der Waals surface area contributed by atoms with Gasteiger partial charge in [0.2, 0.25) is 16.6 Å². The maximum absolute atomic E-state index is 11.6. The summed E-state index contributed by atoms with van der Waals surface area (Å²) in [6, 6.07) is 0. The molecule has 0 aliphatic rings. The molecule has 3 N–H and O–H groups in total. The minimum Gasteiger partial charge on any atom is -0.295 e. The van der Waals surface area contributed by atoms with Gasteiger partial charge in [0.1, 0.15) is 0 Å². The van der Waals surface area contributed by atoms with Gasteiger partial charge < -0.3 is 0 Å². The number of hydrogen-bond acceptors (Lipinski definition) is 4. The molecule has 90 valence electrons. The van der Waals surface area contributed by atoms with E-state index in [0.29, 0.717) is 10.7 Å². The quantitative estimate of drug-likeness (QED) is 0.704. The van der Waals surface area contributed by atoms with Crippen LogP contribution in [0.4, 0.5) is 5.95 Å². The molecule has 2 aromatic rings. The van der Waals surface area contributed by atoms with Gasteiger partial charge in [0.25, 0.3) is 0 Å². The van der Waals surface area contributed by atoms with Crippen LogP contribution in [0.2, 0.25) is 0 Å². The Morgan fingerprint density at radius 2 is 2.41 bits per heavy atom. The van der Waals surface area contributed by atoms with Crippen molar-refractivity contribution in [3.05, 3.63) is 22.7 Å². The molecule has 0 atom stereocenters. The molecule has 0 aliphatic carbocycles. The van der Waals surface area contributed by atoms with Gasteiger partial charge >= 0.3 is 0 Å². The van der Waals surface area contributed by atoms with Crippen LogP contribution >= 0.6 is 12.2 Å². The molecule has 0 saturated heterocycles. The highest BCUT2D eigenvalue weighted by Crippen LogP contribution is 2.01. The summed E-state index contributed by atoms with van der Waals surface area (Å²) in [5.74, 6) is 0.154. The van der Waals surface area contributed by atoms with E-state index in [1.54, 1.807) is 10.9 Å². The highest BCUT2D eigenvalue weighted by Gasteiger charge is 2.07. The second kappa shape index (κ2) is 4.91. The van der Waals surface area contributed by atoms with Crippen LogP contribution in [0, 0.1) is 4.77 Å². The number of carbonyl (C=O) groups excluding carboxylic acids is 1. The van der Waals surface area contributed by atoms with Crippen LogP contribution in [0.15, 0.2) is 12.4 Å². The van der Waals surface area contributed by atoms with Gasteiger partial charge in [-0.3, -0.25) is 25.0 Å². The maximum atomic E-state index is 11.6. The minimum absolute atomic E-state index is 0.168. The van der Waals surface area contributed by atoms with Gasteiger partial charge in [0.05, 0.1) is 12.6 Å². The van der Waals surface area contributed by atoms with Gasteiger partial charge in [0.15, 0.2) is 0 Å². The molecule has 0 radical (unpaired) electrons. The van der Waals surface area contributed by atoms with Gasteiger partial charge in [-0.25, -0.2) is 0 Å². The molecule has 2 heterocycles. The van der Waals surface area contributed by atoms with Gasteiger partial charge in [-0.1, -0.05) is 0 Å². The molecule has 0 spiro atoms. The Bertz CT molecular complexity index is 568. The number of H-pyrrole nitrogens is 2. The molecule has 1 amide bonds. The second-order valence-electron chi connectivity index (χ2n) is 3.44. The van der Waals surface area contributed by atoms with Crippen molar-refractivity contribution in [1.29, 1.82) is 0 Å². The van der Waals surface area contributed by atoms with E-state index < -0.39 is 0 Å². The number of nitrogens with zero attached hydrogens (tertiary/aromatic N) is 3. The zero-order chi connectivity index (χ0) is 12.3. The van der Waals surface area contributed by atoms with E-state index >= 15 is 0 Å². The van der Waals surface area contributed by atoms with Gasteiger partial charge in [-0.15, -0.1) is 0 Å². The summed E-state index contributed by atoms with van der Waals surface area (Å²) in [4.78, 5) is 15.5. The Kier molecular flexibility index (Phi) is 3.33. The number of aromatic amines is 2. The average Bonchev–Trinajstić information content (AvgIpc) is 2.88. The maximum Gasteiger partial charge on any atom is 0.231 e. The number of carbonyl (C=O) groups is 1. The average molecular weight is 252 g/mol. The van der Waals surface area contributed by atoms with E-state index in [1.807, 2.05) is 13.1 Å². The van der Waals surface area contributed by atoms with E-state index in [4.69, 9.17) is 12.2 Å². The fourth-order valence-corrected chi connectivity index (χ4v) is 1.50. The van der Waals surface area contributed by atoms with Crippen molar-refractivity contribution < 1.29 is 4.79 Å². The number of hydrogen-bond donors (Lipinski definition) is 3. The number of anilines is 1. The third-order valence-corrected chi connectivity index (χ3v) is 2.33. The van der Waals surface area contributed by atoms with Crippen molar-refractivity contribution in [2.75, 3.05) is 5.32 Å². The summed E-state index contributed by atoms with van der Waals surface area (Å²) in [5, 5.41) is 11.9. The molecule has 0 aliphatic heterocycles. The van der Waals surface area contributed by atoms with Crippen LogP contribution in [0.3, 0.4) is 0 Å². The Labute approximate surface area is 102 Å². The highest BCUT2D eigenvalue weighted by molar-refractivity contribution is 7.71. The Hall–Kier alpha value is -1.96. The highest BCUT2D eigenvalue weighted by atomic mass is 32.1. The molecule has 0 unspecified atom stereocenters. The van der Waals surface area contributed by atoms with E-state index in [9.17, 15) is 4.79 Å². The lowest BCUT2D eigenvalue weighted by molar-refractivity contribution is -0.115. The fraction of sp³-hybridized carbons (Fsp3) is 0.333. The fourth-order valence-electron chi connectivity index (χ4n) is 1.36. The van der Waals surface area contributed by atoms with Crippen LogP contribution in [-0.4, -0.2) is 30.9 Å².